The van der Waals surface area contributed by atoms with E-state index in [1.807, 2.05) is 6.07 Å². The number of carbonyl (C=O) groups is 1. The predicted octanol–water partition coefficient (Wildman–Crippen LogP) is 6.66. The van der Waals surface area contributed by atoms with E-state index in [4.69, 9.17) is 21.1 Å². The maximum atomic E-state index is 12.6. The van der Waals surface area contributed by atoms with Crippen molar-refractivity contribution in [3.05, 3.63) is 95.5 Å². The SMILES string of the molecule is CCOc1cc(/C=C(\C#N)C(=O)Nc2cccc(Cl)c2)cc(Br)c1Oc1ccc([N+](=O)[O-])cc1[N+](=O)[O-]. The molecule has 1 amide bonds. The molecule has 0 saturated heterocycles. The highest BCUT2D eigenvalue weighted by Crippen LogP contribution is 2.43. The van der Waals surface area contributed by atoms with E-state index in [9.17, 15) is 30.3 Å². The lowest BCUT2D eigenvalue weighted by Gasteiger charge is -2.14. The Morgan fingerprint density at radius 2 is 1.89 bits per heavy atom. The molecule has 0 aromatic heterocycles. The number of ether oxygens (including phenoxy) is 2. The number of hydrogen-bond donors (Lipinski definition) is 1. The Morgan fingerprint density at radius 3 is 2.51 bits per heavy atom. The molecule has 3 aromatic carbocycles. The van der Waals surface area contributed by atoms with Gasteiger partial charge in [0.25, 0.3) is 11.6 Å². The minimum Gasteiger partial charge on any atom is -0.490 e. The van der Waals surface area contributed by atoms with Crippen LogP contribution in [0.15, 0.2) is 64.6 Å². The van der Waals surface area contributed by atoms with E-state index in [1.54, 1.807) is 25.1 Å². The van der Waals surface area contributed by atoms with Gasteiger partial charge >= 0.3 is 5.69 Å². The van der Waals surface area contributed by atoms with Gasteiger partial charge in [0.2, 0.25) is 5.75 Å². The Bertz CT molecular complexity index is 1470. The number of carbonyl (C=O) groups excluding carboxylic acids is 1. The molecule has 0 unspecified atom stereocenters. The number of nitrogens with one attached hydrogen (secondary N) is 1. The first-order valence-electron chi connectivity index (χ1n) is 10.4. The molecule has 0 heterocycles. The summed E-state index contributed by atoms with van der Waals surface area (Å²) in [6, 6.07) is 14.2. The molecule has 0 atom stereocenters. The van der Waals surface area contributed by atoms with Crippen molar-refractivity contribution in [1.29, 1.82) is 5.26 Å². The quantitative estimate of drug-likeness (QED) is 0.126. The number of nitro groups is 2. The Balaban J connectivity index is 1.98. The van der Waals surface area contributed by atoms with Crippen LogP contribution in [0.4, 0.5) is 17.1 Å². The zero-order valence-electron chi connectivity index (χ0n) is 18.9. The number of non-ortho nitro benzene ring substituents is 1. The Hall–Kier alpha value is -4.47. The van der Waals surface area contributed by atoms with Gasteiger partial charge in [-0.2, -0.15) is 5.26 Å². The Labute approximate surface area is 223 Å². The van der Waals surface area contributed by atoms with Gasteiger partial charge in [0.05, 0.1) is 27.0 Å². The first-order valence-corrected chi connectivity index (χ1v) is 11.6. The standard InChI is InChI=1S/C24H16BrClN4O7/c1-2-36-22-10-14(8-15(13-27)24(31)28-17-5-3-4-16(26)11-17)9-19(25)23(22)37-21-7-6-18(29(32)33)12-20(21)30(34)35/h3-12H,2H2,1H3,(H,28,31)/b15-8+. The average molecular weight is 588 g/mol. The highest BCUT2D eigenvalue weighted by molar-refractivity contribution is 9.10. The van der Waals surface area contributed by atoms with Crippen molar-refractivity contribution in [3.8, 4) is 23.3 Å². The smallest absolute Gasteiger partial charge is 0.318 e. The molecule has 1 N–H and O–H groups in total. The van der Waals surface area contributed by atoms with Gasteiger partial charge in [-0.1, -0.05) is 17.7 Å². The van der Waals surface area contributed by atoms with Gasteiger partial charge in [0.15, 0.2) is 11.5 Å². The fourth-order valence-corrected chi connectivity index (χ4v) is 3.80. The number of nitriles is 1. The van der Waals surface area contributed by atoms with Crippen LogP contribution < -0.4 is 14.8 Å². The van der Waals surface area contributed by atoms with Crippen LogP contribution >= 0.6 is 27.5 Å². The van der Waals surface area contributed by atoms with Crippen molar-refractivity contribution >= 4 is 56.6 Å². The minimum absolute atomic E-state index is 0.0536. The number of rotatable bonds is 9. The summed E-state index contributed by atoms with van der Waals surface area (Å²) in [6.45, 7) is 1.90. The third kappa shape index (κ3) is 6.81. The summed E-state index contributed by atoms with van der Waals surface area (Å²) in [4.78, 5) is 33.5. The van der Waals surface area contributed by atoms with Gasteiger partial charge in [-0.15, -0.1) is 0 Å². The number of halogens is 2. The largest absolute Gasteiger partial charge is 0.490 e. The summed E-state index contributed by atoms with van der Waals surface area (Å²) in [5.74, 6) is -0.721. The van der Waals surface area contributed by atoms with E-state index >= 15 is 0 Å². The van der Waals surface area contributed by atoms with Crippen LogP contribution in [-0.4, -0.2) is 22.4 Å². The molecular formula is C24H16BrClN4O7. The van der Waals surface area contributed by atoms with E-state index in [0.29, 0.717) is 16.3 Å². The van der Waals surface area contributed by atoms with Gasteiger partial charge < -0.3 is 14.8 Å². The predicted molar refractivity (Wildman–Crippen MR) is 139 cm³/mol. The van der Waals surface area contributed by atoms with E-state index in [-0.39, 0.29) is 33.9 Å². The minimum atomic E-state index is -0.800. The first kappa shape index (κ1) is 27.1. The number of amides is 1. The highest BCUT2D eigenvalue weighted by Gasteiger charge is 2.24. The third-order valence-electron chi connectivity index (χ3n) is 4.65. The summed E-state index contributed by atoms with van der Waals surface area (Å²) in [7, 11) is 0. The zero-order valence-corrected chi connectivity index (χ0v) is 21.3. The molecule has 3 aromatic rings. The molecule has 0 radical (unpaired) electrons. The van der Waals surface area contributed by atoms with Crippen molar-refractivity contribution in [2.45, 2.75) is 6.92 Å². The molecule has 37 heavy (non-hydrogen) atoms. The second kappa shape index (κ2) is 12.0. The summed E-state index contributed by atoms with van der Waals surface area (Å²) < 4.78 is 11.6. The highest BCUT2D eigenvalue weighted by atomic mass is 79.9. The summed E-state index contributed by atoms with van der Waals surface area (Å²) in [5, 5.41) is 35.0. The average Bonchev–Trinajstić information content (AvgIpc) is 2.84. The molecule has 0 spiro atoms. The normalized spacial score (nSPS) is 10.8. The number of hydrogen-bond acceptors (Lipinski definition) is 8. The van der Waals surface area contributed by atoms with Crippen molar-refractivity contribution in [1.82, 2.24) is 0 Å². The van der Waals surface area contributed by atoms with Gasteiger partial charge in [-0.05, 0) is 70.9 Å². The Morgan fingerprint density at radius 1 is 1.14 bits per heavy atom. The van der Waals surface area contributed by atoms with Gasteiger partial charge in [0, 0.05) is 16.8 Å². The number of nitrogens with zero attached hydrogens (tertiary/aromatic N) is 3. The molecule has 0 bridgehead atoms. The van der Waals surface area contributed by atoms with E-state index in [2.05, 4.69) is 21.2 Å². The second-order valence-electron chi connectivity index (χ2n) is 7.17. The van der Waals surface area contributed by atoms with Crippen LogP contribution in [0.2, 0.25) is 5.02 Å². The lowest BCUT2D eigenvalue weighted by molar-refractivity contribution is -0.394. The molecule has 13 heteroatoms. The molecule has 0 saturated carbocycles. The number of benzene rings is 3. The lowest BCUT2D eigenvalue weighted by atomic mass is 10.1. The second-order valence-corrected chi connectivity index (χ2v) is 8.46. The van der Waals surface area contributed by atoms with Crippen LogP contribution in [0, 0.1) is 31.6 Å². The van der Waals surface area contributed by atoms with E-state index in [0.717, 1.165) is 18.2 Å². The molecule has 188 valence electrons. The van der Waals surface area contributed by atoms with Gasteiger partial charge in [0.1, 0.15) is 11.6 Å². The first-order chi connectivity index (χ1) is 17.6. The fraction of sp³-hybridized carbons (Fsp3) is 0.0833. The third-order valence-corrected chi connectivity index (χ3v) is 5.48. The lowest BCUT2D eigenvalue weighted by Crippen LogP contribution is -2.13. The number of anilines is 1. The van der Waals surface area contributed by atoms with Gasteiger partial charge in [-0.3, -0.25) is 25.0 Å². The van der Waals surface area contributed by atoms with Crippen molar-refractivity contribution in [2.24, 2.45) is 0 Å². The van der Waals surface area contributed by atoms with Crippen LogP contribution in [0.3, 0.4) is 0 Å². The van der Waals surface area contributed by atoms with Gasteiger partial charge in [-0.25, -0.2) is 0 Å². The molecule has 0 aliphatic rings. The maximum absolute atomic E-state index is 12.6. The monoisotopic (exact) mass is 586 g/mol. The van der Waals surface area contributed by atoms with Crippen molar-refractivity contribution < 1.29 is 24.1 Å². The summed E-state index contributed by atoms with van der Waals surface area (Å²) in [6.07, 6.45) is 1.32. The topological polar surface area (TPSA) is 158 Å². The van der Waals surface area contributed by atoms with Crippen LogP contribution in [0.1, 0.15) is 12.5 Å². The zero-order chi connectivity index (χ0) is 27.1. The molecule has 0 aliphatic carbocycles. The molecule has 0 fully saturated rings. The van der Waals surface area contributed by atoms with Crippen LogP contribution in [0.5, 0.6) is 17.2 Å². The fourth-order valence-electron chi connectivity index (χ4n) is 3.07. The maximum Gasteiger partial charge on any atom is 0.318 e. The van der Waals surface area contributed by atoms with E-state index in [1.165, 1.54) is 24.3 Å². The molecule has 11 nitrogen and oxygen atoms in total. The van der Waals surface area contributed by atoms with Crippen LogP contribution in [-0.2, 0) is 4.79 Å². The summed E-state index contributed by atoms with van der Waals surface area (Å²) in [5.41, 5.74) is -0.503. The molecule has 3 rings (SSSR count). The molecular weight excluding hydrogens is 572 g/mol. The molecule has 0 aliphatic heterocycles. The number of nitro benzene ring substituents is 2. The van der Waals surface area contributed by atoms with Crippen LogP contribution in [0.25, 0.3) is 6.08 Å². The van der Waals surface area contributed by atoms with E-state index < -0.39 is 27.1 Å². The van der Waals surface area contributed by atoms with Crippen molar-refractivity contribution in [3.63, 3.8) is 0 Å². The van der Waals surface area contributed by atoms with Crippen molar-refractivity contribution in [2.75, 3.05) is 11.9 Å². The Kier molecular flexibility index (Phi) is 8.78. The summed E-state index contributed by atoms with van der Waals surface area (Å²) >= 11 is 9.25.